The van der Waals surface area contributed by atoms with Crippen LogP contribution in [0.1, 0.15) is 61.5 Å². The number of nitrogens with zero attached hydrogens (tertiary/aromatic N) is 5. The first-order valence-electron chi connectivity index (χ1n) is 7.56. The zero-order valence-corrected chi connectivity index (χ0v) is 13.2. The van der Waals surface area contributed by atoms with Crippen molar-refractivity contribution in [1.82, 2.24) is 24.8 Å². The van der Waals surface area contributed by atoms with Crippen molar-refractivity contribution in [2.24, 2.45) is 7.05 Å². The maximum absolute atomic E-state index is 5.25. The highest BCUT2D eigenvalue weighted by Gasteiger charge is 2.29. The SMILES string of the molecule is CC(C)c1nc(CN(C)Cc2cnn(C)c2C2CC2)no1. The molecule has 1 aliphatic rings. The number of hydrogen-bond donors (Lipinski definition) is 0. The van der Waals surface area contributed by atoms with Gasteiger partial charge in [-0.25, -0.2) is 0 Å². The fraction of sp³-hybridized carbons (Fsp3) is 0.667. The highest BCUT2D eigenvalue weighted by Crippen LogP contribution is 2.41. The molecule has 0 saturated heterocycles. The minimum absolute atomic E-state index is 0.274. The van der Waals surface area contributed by atoms with Crippen LogP contribution in [0.2, 0.25) is 0 Å². The Morgan fingerprint density at radius 1 is 1.38 bits per heavy atom. The summed E-state index contributed by atoms with van der Waals surface area (Å²) < 4.78 is 7.27. The first kappa shape index (κ1) is 14.3. The normalized spacial score (nSPS) is 15.3. The molecule has 0 amide bonds. The van der Waals surface area contributed by atoms with Gasteiger partial charge in [-0.05, 0) is 19.9 Å². The fourth-order valence-corrected chi connectivity index (χ4v) is 2.65. The maximum Gasteiger partial charge on any atom is 0.229 e. The van der Waals surface area contributed by atoms with E-state index in [0.29, 0.717) is 18.4 Å². The maximum atomic E-state index is 5.25. The molecule has 114 valence electrons. The number of hydrogen-bond acceptors (Lipinski definition) is 5. The summed E-state index contributed by atoms with van der Waals surface area (Å²) in [6.45, 7) is 5.66. The minimum atomic E-state index is 0.274. The van der Waals surface area contributed by atoms with Crippen molar-refractivity contribution in [2.75, 3.05) is 7.05 Å². The van der Waals surface area contributed by atoms with Gasteiger partial charge >= 0.3 is 0 Å². The molecule has 6 heteroatoms. The van der Waals surface area contributed by atoms with E-state index >= 15 is 0 Å². The van der Waals surface area contributed by atoms with Crippen molar-refractivity contribution in [3.63, 3.8) is 0 Å². The van der Waals surface area contributed by atoms with Crippen LogP contribution in [0, 0.1) is 0 Å². The molecule has 3 rings (SSSR count). The largest absolute Gasteiger partial charge is 0.339 e. The molecule has 0 radical (unpaired) electrons. The van der Waals surface area contributed by atoms with Crippen LogP contribution in [-0.2, 0) is 20.1 Å². The van der Waals surface area contributed by atoms with E-state index in [-0.39, 0.29) is 5.92 Å². The summed E-state index contributed by atoms with van der Waals surface area (Å²) in [5.74, 6) is 2.44. The van der Waals surface area contributed by atoms with E-state index in [1.165, 1.54) is 24.1 Å². The van der Waals surface area contributed by atoms with E-state index in [2.05, 4.69) is 41.0 Å². The van der Waals surface area contributed by atoms with Gasteiger partial charge < -0.3 is 4.52 Å². The number of rotatable bonds is 6. The van der Waals surface area contributed by atoms with E-state index in [0.717, 1.165) is 12.4 Å². The van der Waals surface area contributed by atoms with Gasteiger partial charge in [0.2, 0.25) is 5.89 Å². The van der Waals surface area contributed by atoms with Crippen molar-refractivity contribution in [3.8, 4) is 0 Å². The van der Waals surface area contributed by atoms with Crippen molar-refractivity contribution >= 4 is 0 Å². The molecular formula is C15H23N5O. The van der Waals surface area contributed by atoms with Crippen molar-refractivity contribution < 1.29 is 4.52 Å². The lowest BCUT2D eigenvalue weighted by Crippen LogP contribution is -2.18. The van der Waals surface area contributed by atoms with E-state index in [9.17, 15) is 0 Å². The molecule has 2 heterocycles. The van der Waals surface area contributed by atoms with Gasteiger partial charge in [0.25, 0.3) is 0 Å². The lowest BCUT2D eigenvalue weighted by atomic mass is 10.1. The Morgan fingerprint density at radius 3 is 2.76 bits per heavy atom. The summed E-state index contributed by atoms with van der Waals surface area (Å²) in [6.07, 6.45) is 4.57. The Hall–Kier alpha value is -1.69. The number of aryl methyl sites for hydroxylation is 1. The highest BCUT2D eigenvalue weighted by molar-refractivity contribution is 5.25. The quantitative estimate of drug-likeness (QED) is 0.817. The van der Waals surface area contributed by atoms with Crippen LogP contribution in [0.15, 0.2) is 10.7 Å². The smallest absolute Gasteiger partial charge is 0.229 e. The third-order valence-electron chi connectivity index (χ3n) is 3.86. The molecule has 0 aliphatic heterocycles. The average molecular weight is 289 g/mol. The monoisotopic (exact) mass is 289 g/mol. The molecule has 1 fully saturated rings. The van der Waals surface area contributed by atoms with Gasteiger partial charge in [0.05, 0.1) is 12.7 Å². The van der Waals surface area contributed by atoms with Crippen LogP contribution in [0.25, 0.3) is 0 Å². The molecular weight excluding hydrogens is 266 g/mol. The first-order valence-corrected chi connectivity index (χ1v) is 7.56. The lowest BCUT2D eigenvalue weighted by Gasteiger charge is -2.14. The summed E-state index contributed by atoms with van der Waals surface area (Å²) in [7, 11) is 4.11. The van der Waals surface area contributed by atoms with Gasteiger partial charge in [0, 0.05) is 36.7 Å². The Balaban J connectivity index is 1.64. The molecule has 2 aromatic heterocycles. The number of aromatic nitrogens is 4. The highest BCUT2D eigenvalue weighted by atomic mass is 16.5. The molecule has 0 spiro atoms. The van der Waals surface area contributed by atoms with Crippen LogP contribution in [0.5, 0.6) is 0 Å². The molecule has 0 N–H and O–H groups in total. The van der Waals surface area contributed by atoms with Crippen molar-refractivity contribution in [1.29, 1.82) is 0 Å². The molecule has 0 atom stereocenters. The van der Waals surface area contributed by atoms with Gasteiger partial charge in [0.1, 0.15) is 0 Å². The third kappa shape index (κ3) is 3.15. The second kappa shape index (κ2) is 5.60. The average Bonchev–Trinajstić information content (AvgIpc) is 3.03. The Morgan fingerprint density at radius 2 is 2.14 bits per heavy atom. The minimum Gasteiger partial charge on any atom is -0.339 e. The van der Waals surface area contributed by atoms with E-state index in [4.69, 9.17) is 4.52 Å². The van der Waals surface area contributed by atoms with Gasteiger partial charge in [-0.1, -0.05) is 19.0 Å². The van der Waals surface area contributed by atoms with Crippen LogP contribution < -0.4 is 0 Å². The molecule has 0 aromatic carbocycles. The molecule has 2 aromatic rings. The first-order chi connectivity index (χ1) is 10.0. The van der Waals surface area contributed by atoms with Gasteiger partial charge in [-0.15, -0.1) is 0 Å². The van der Waals surface area contributed by atoms with Gasteiger partial charge in [0.15, 0.2) is 5.82 Å². The molecule has 0 bridgehead atoms. The second-order valence-electron chi connectivity index (χ2n) is 6.33. The Kier molecular flexibility index (Phi) is 3.80. The molecule has 0 unspecified atom stereocenters. The molecule has 6 nitrogen and oxygen atoms in total. The van der Waals surface area contributed by atoms with Crippen LogP contribution >= 0.6 is 0 Å². The Bertz CT molecular complexity index is 611. The summed E-state index contributed by atoms with van der Waals surface area (Å²) in [6, 6.07) is 0. The van der Waals surface area contributed by atoms with Crippen LogP contribution in [0.3, 0.4) is 0 Å². The van der Waals surface area contributed by atoms with Crippen molar-refractivity contribution in [3.05, 3.63) is 29.2 Å². The summed E-state index contributed by atoms with van der Waals surface area (Å²) in [5.41, 5.74) is 2.70. The topological polar surface area (TPSA) is 60.0 Å². The lowest BCUT2D eigenvalue weighted by molar-refractivity contribution is 0.298. The van der Waals surface area contributed by atoms with Gasteiger partial charge in [-0.2, -0.15) is 10.1 Å². The Labute approximate surface area is 125 Å². The predicted molar refractivity (Wildman–Crippen MR) is 78.7 cm³/mol. The zero-order valence-electron chi connectivity index (χ0n) is 13.2. The van der Waals surface area contributed by atoms with E-state index in [1.54, 1.807) is 0 Å². The zero-order chi connectivity index (χ0) is 15.0. The third-order valence-corrected chi connectivity index (χ3v) is 3.86. The predicted octanol–water partition coefficient (Wildman–Crippen LogP) is 2.44. The van der Waals surface area contributed by atoms with Gasteiger partial charge in [-0.3, -0.25) is 9.58 Å². The van der Waals surface area contributed by atoms with Crippen LogP contribution in [0.4, 0.5) is 0 Å². The molecule has 1 saturated carbocycles. The van der Waals surface area contributed by atoms with E-state index in [1.807, 2.05) is 17.9 Å². The summed E-state index contributed by atoms with van der Waals surface area (Å²) >= 11 is 0. The van der Waals surface area contributed by atoms with E-state index < -0.39 is 0 Å². The molecule has 1 aliphatic carbocycles. The van der Waals surface area contributed by atoms with Crippen molar-refractivity contribution in [2.45, 2.75) is 51.6 Å². The molecule has 21 heavy (non-hydrogen) atoms. The van der Waals surface area contributed by atoms with Crippen LogP contribution in [-0.4, -0.2) is 31.9 Å². The fourth-order valence-electron chi connectivity index (χ4n) is 2.65. The second-order valence-corrected chi connectivity index (χ2v) is 6.33. The standard InChI is InChI=1S/C15H23N5O/c1-10(2)15-17-13(18-21-15)9-19(3)8-12-7-16-20(4)14(12)11-5-6-11/h7,10-11H,5-6,8-9H2,1-4H3. The summed E-state index contributed by atoms with van der Waals surface area (Å²) in [4.78, 5) is 6.63. The summed E-state index contributed by atoms with van der Waals surface area (Å²) in [5, 5.41) is 8.45.